The van der Waals surface area contributed by atoms with Gasteiger partial charge in [-0.15, -0.1) is 0 Å². The quantitative estimate of drug-likeness (QED) is 0.634. The van der Waals surface area contributed by atoms with Crippen molar-refractivity contribution in [3.8, 4) is 0 Å². The van der Waals surface area contributed by atoms with Gasteiger partial charge in [-0.3, -0.25) is 0 Å². The summed E-state index contributed by atoms with van der Waals surface area (Å²) in [4.78, 5) is 16.8. The van der Waals surface area contributed by atoms with Crippen LogP contribution in [0, 0.1) is 0 Å². The first-order chi connectivity index (χ1) is 6.38. The summed E-state index contributed by atoms with van der Waals surface area (Å²) in [6, 6.07) is 9.43. The van der Waals surface area contributed by atoms with Gasteiger partial charge in [0.25, 0.3) is 0 Å². The van der Waals surface area contributed by atoms with Crippen LogP contribution in [0.5, 0.6) is 0 Å². The fraction of sp³-hybridized carbons (Fsp3) is 0.200. The van der Waals surface area contributed by atoms with Gasteiger partial charge >= 0.3 is 6.03 Å². The fourth-order valence-electron chi connectivity index (χ4n) is 1.34. The molecule has 3 heteroatoms. The minimum atomic E-state index is -0.169. The van der Waals surface area contributed by atoms with E-state index in [9.17, 15) is 4.79 Å². The normalized spacial score (nSPS) is 16.3. The molecule has 0 aliphatic carbocycles. The van der Waals surface area contributed by atoms with Crippen molar-refractivity contribution in [3.63, 3.8) is 0 Å². The third-order valence-corrected chi connectivity index (χ3v) is 1.98. The molecule has 1 aromatic carbocycles. The van der Waals surface area contributed by atoms with Crippen molar-refractivity contribution < 1.29 is 4.79 Å². The standard InChI is InChI=1S/C10H10N2O/c13-10-11-7-4-8-12(10)9-5-2-1-3-6-9/h1-3,5-7H,4,8H2/q+1. The number of hydrogen-bond donors (Lipinski definition) is 0. The van der Waals surface area contributed by atoms with Gasteiger partial charge in [-0.25, -0.2) is 0 Å². The van der Waals surface area contributed by atoms with Crippen LogP contribution in [-0.4, -0.2) is 18.8 Å². The highest BCUT2D eigenvalue weighted by molar-refractivity contribution is 5.96. The third kappa shape index (κ3) is 1.59. The molecule has 0 saturated carbocycles. The number of carbonyl (C=O) groups is 1. The third-order valence-electron chi connectivity index (χ3n) is 1.98. The second-order valence-corrected chi connectivity index (χ2v) is 2.87. The highest BCUT2D eigenvalue weighted by Crippen LogP contribution is 2.14. The molecule has 65 valence electrons. The minimum absolute atomic E-state index is 0.169. The zero-order chi connectivity index (χ0) is 9.10. The Labute approximate surface area is 76.7 Å². The lowest BCUT2D eigenvalue weighted by Crippen LogP contribution is -2.37. The van der Waals surface area contributed by atoms with Crippen LogP contribution in [0.3, 0.4) is 0 Å². The summed E-state index contributed by atoms with van der Waals surface area (Å²) in [7, 11) is 0. The number of para-hydroxylation sites is 1. The number of amides is 2. The van der Waals surface area contributed by atoms with E-state index in [-0.39, 0.29) is 6.03 Å². The van der Waals surface area contributed by atoms with Gasteiger partial charge in [0.2, 0.25) is 0 Å². The molecule has 1 aliphatic heterocycles. The Hall–Kier alpha value is -1.64. The fourth-order valence-corrected chi connectivity index (χ4v) is 1.34. The van der Waals surface area contributed by atoms with Gasteiger partial charge in [-0.2, -0.15) is 9.69 Å². The van der Waals surface area contributed by atoms with Crippen molar-refractivity contribution in [2.24, 2.45) is 0 Å². The molecular formula is C10H10N2O+. The number of anilines is 1. The van der Waals surface area contributed by atoms with Crippen molar-refractivity contribution in [2.75, 3.05) is 11.4 Å². The van der Waals surface area contributed by atoms with Crippen LogP contribution >= 0.6 is 0 Å². The first-order valence-corrected chi connectivity index (χ1v) is 4.27. The molecule has 2 amide bonds. The van der Waals surface area contributed by atoms with E-state index in [4.69, 9.17) is 0 Å². The predicted octanol–water partition coefficient (Wildman–Crippen LogP) is 1.42. The molecule has 0 aromatic heterocycles. The molecule has 0 saturated heterocycles. The molecule has 0 fully saturated rings. The first kappa shape index (κ1) is 7.98. The molecule has 2 rings (SSSR count). The average molecular weight is 174 g/mol. The second-order valence-electron chi connectivity index (χ2n) is 2.87. The lowest BCUT2D eigenvalue weighted by Gasteiger charge is -2.12. The lowest BCUT2D eigenvalue weighted by molar-refractivity contribution is 0.251. The number of carbonyl (C=O) groups excluding carboxylic acids is 1. The number of rotatable bonds is 1. The summed E-state index contributed by atoms with van der Waals surface area (Å²) < 4.78 is 0. The van der Waals surface area contributed by atoms with E-state index >= 15 is 0 Å². The van der Waals surface area contributed by atoms with Gasteiger partial charge in [0.15, 0.2) is 0 Å². The van der Waals surface area contributed by atoms with E-state index in [1.807, 2.05) is 30.3 Å². The monoisotopic (exact) mass is 174 g/mol. The predicted molar refractivity (Wildman–Crippen MR) is 52.0 cm³/mol. The second kappa shape index (κ2) is 3.39. The Morgan fingerprint density at radius 2 is 2.00 bits per heavy atom. The molecule has 0 spiro atoms. The van der Waals surface area contributed by atoms with Gasteiger partial charge in [0.1, 0.15) is 18.4 Å². The molecule has 13 heavy (non-hydrogen) atoms. The van der Waals surface area contributed by atoms with Gasteiger partial charge in [-0.1, -0.05) is 18.2 Å². The number of aliphatic imine (C=N–C) groups is 1. The van der Waals surface area contributed by atoms with Crippen LogP contribution in [0.1, 0.15) is 6.42 Å². The molecule has 1 aliphatic rings. The van der Waals surface area contributed by atoms with Crippen LogP contribution in [-0.2, 0) is 0 Å². The van der Waals surface area contributed by atoms with Gasteiger partial charge in [-0.05, 0) is 17.1 Å². The highest BCUT2D eigenvalue weighted by atomic mass is 16.2. The molecular weight excluding hydrogens is 164 g/mol. The molecule has 1 radical (unpaired) electrons. The van der Waals surface area contributed by atoms with E-state index in [2.05, 4.69) is 4.99 Å². The number of hydrogen-bond acceptors (Lipinski definition) is 1. The number of benzene rings is 1. The molecule has 1 heterocycles. The van der Waals surface area contributed by atoms with E-state index in [0.717, 1.165) is 18.7 Å². The van der Waals surface area contributed by atoms with Crippen molar-refractivity contribution in [1.29, 1.82) is 0 Å². The Bertz CT molecular complexity index is 332. The Balaban J connectivity index is 2.27. The molecule has 0 bridgehead atoms. The summed E-state index contributed by atoms with van der Waals surface area (Å²) >= 11 is 0. The Kier molecular flexibility index (Phi) is 2.08. The van der Waals surface area contributed by atoms with Crippen LogP contribution in [0.4, 0.5) is 10.5 Å². The van der Waals surface area contributed by atoms with Gasteiger partial charge in [0, 0.05) is 6.42 Å². The maximum atomic E-state index is 11.3. The SMILES string of the molecule is O=C1[N+]=CCCN1c1ccccc1. The van der Waals surface area contributed by atoms with E-state index in [1.54, 1.807) is 11.1 Å². The van der Waals surface area contributed by atoms with E-state index in [0.29, 0.717) is 0 Å². The topological polar surface area (TPSA) is 34.4 Å². The summed E-state index contributed by atoms with van der Waals surface area (Å²) in [5, 5.41) is 0. The maximum Gasteiger partial charge on any atom is 0.539 e. The van der Waals surface area contributed by atoms with Crippen molar-refractivity contribution in [3.05, 3.63) is 30.3 Å². The zero-order valence-electron chi connectivity index (χ0n) is 7.18. The smallest absolute Gasteiger partial charge is 0.193 e. The van der Waals surface area contributed by atoms with Crippen LogP contribution in [0.25, 0.3) is 0 Å². The molecule has 1 aromatic rings. The highest BCUT2D eigenvalue weighted by Gasteiger charge is 2.27. The summed E-state index contributed by atoms with van der Waals surface area (Å²) in [5.74, 6) is 0. The van der Waals surface area contributed by atoms with Gasteiger partial charge < -0.3 is 0 Å². The van der Waals surface area contributed by atoms with Crippen molar-refractivity contribution in [2.45, 2.75) is 6.42 Å². The van der Waals surface area contributed by atoms with Crippen molar-refractivity contribution in [1.82, 2.24) is 4.99 Å². The number of urea groups is 1. The number of nitrogens with zero attached hydrogens (tertiary/aromatic N) is 2. The van der Waals surface area contributed by atoms with E-state index < -0.39 is 0 Å². The zero-order valence-corrected chi connectivity index (χ0v) is 7.18. The summed E-state index contributed by atoms with van der Waals surface area (Å²) in [5.41, 5.74) is 0.921. The molecule has 0 N–H and O–H groups in total. The van der Waals surface area contributed by atoms with E-state index in [1.165, 1.54) is 0 Å². The van der Waals surface area contributed by atoms with Crippen LogP contribution < -0.4 is 9.89 Å². The average Bonchev–Trinajstić information content (AvgIpc) is 2.20. The molecule has 3 nitrogen and oxygen atoms in total. The maximum absolute atomic E-state index is 11.3. The Morgan fingerprint density at radius 3 is 2.69 bits per heavy atom. The molecule has 0 unspecified atom stereocenters. The van der Waals surface area contributed by atoms with Gasteiger partial charge in [0.05, 0.1) is 0 Å². The Morgan fingerprint density at radius 1 is 1.23 bits per heavy atom. The van der Waals surface area contributed by atoms with Crippen LogP contribution in [0.15, 0.2) is 30.3 Å². The first-order valence-electron chi connectivity index (χ1n) is 4.27. The molecule has 0 atom stereocenters. The summed E-state index contributed by atoms with van der Waals surface area (Å²) in [6.45, 7) is 0.729. The minimum Gasteiger partial charge on any atom is -0.193 e. The largest absolute Gasteiger partial charge is 0.539 e. The van der Waals surface area contributed by atoms with Crippen molar-refractivity contribution >= 4 is 17.9 Å². The van der Waals surface area contributed by atoms with Crippen LogP contribution in [0.2, 0.25) is 0 Å². The lowest BCUT2D eigenvalue weighted by atomic mass is 10.2. The summed E-state index contributed by atoms with van der Waals surface area (Å²) in [6.07, 6.45) is 2.50.